The molecule has 0 amide bonds. The Balaban J connectivity index is 1.48. The van der Waals surface area contributed by atoms with Gasteiger partial charge in [-0.3, -0.25) is 0 Å². The van der Waals surface area contributed by atoms with Crippen molar-refractivity contribution in [3.8, 4) is 17.1 Å². The summed E-state index contributed by atoms with van der Waals surface area (Å²) in [6.07, 6.45) is 0.854. The first-order valence-electron chi connectivity index (χ1n) is 8.70. The average molecular weight is 350 g/mol. The number of hydrogen-bond acceptors (Lipinski definition) is 6. The van der Waals surface area contributed by atoms with Crippen molar-refractivity contribution in [2.24, 2.45) is 0 Å². The third kappa shape index (κ3) is 3.21. The molecule has 6 nitrogen and oxygen atoms in total. The summed E-state index contributed by atoms with van der Waals surface area (Å²) in [5, 5.41) is 4.12. The van der Waals surface area contributed by atoms with Gasteiger partial charge in [0.25, 0.3) is 0 Å². The van der Waals surface area contributed by atoms with Gasteiger partial charge in [0.05, 0.1) is 7.11 Å². The molecule has 2 heterocycles. The fourth-order valence-corrected chi connectivity index (χ4v) is 3.15. The standard InChI is InChI=1S/C20H22N4O2/c1-12-4-5-15(10-13(12)2)17-11-18(23-22-17)20-21-19(24-26-20)14-6-8-16(25-3)9-7-14/h4-10,17-18,22-23H,11H2,1-3H3. The molecule has 0 spiro atoms. The second-order valence-corrected chi connectivity index (χ2v) is 6.66. The van der Waals surface area contributed by atoms with E-state index in [1.807, 2.05) is 24.3 Å². The van der Waals surface area contributed by atoms with Gasteiger partial charge in [-0.2, -0.15) is 4.98 Å². The monoisotopic (exact) mass is 350 g/mol. The first kappa shape index (κ1) is 16.8. The highest BCUT2D eigenvalue weighted by Crippen LogP contribution is 2.31. The van der Waals surface area contributed by atoms with E-state index in [0.717, 1.165) is 17.7 Å². The van der Waals surface area contributed by atoms with E-state index in [4.69, 9.17) is 9.26 Å². The minimum Gasteiger partial charge on any atom is -0.497 e. The van der Waals surface area contributed by atoms with Crippen LogP contribution in [0, 0.1) is 13.8 Å². The van der Waals surface area contributed by atoms with E-state index < -0.39 is 0 Å². The van der Waals surface area contributed by atoms with Crippen molar-refractivity contribution in [3.05, 3.63) is 65.0 Å². The van der Waals surface area contributed by atoms with Crippen molar-refractivity contribution in [1.29, 1.82) is 0 Å². The third-order valence-corrected chi connectivity index (χ3v) is 4.92. The highest BCUT2D eigenvalue weighted by Gasteiger charge is 2.30. The van der Waals surface area contributed by atoms with Gasteiger partial charge in [0.2, 0.25) is 11.7 Å². The Morgan fingerprint density at radius 1 is 1.00 bits per heavy atom. The number of aromatic nitrogens is 2. The van der Waals surface area contributed by atoms with E-state index in [1.165, 1.54) is 16.7 Å². The second kappa shape index (κ2) is 6.90. The predicted octanol–water partition coefficient (Wildman–Crippen LogP) is 3.64. The second-order valence-electron chi connectivity index (χ2n) is 6.66. The van der Waals surface area contributed by atoms with Crippen LogP contribution in [0.4, 0.5) is 0 Å². The largest absolute Gasteiger partial charge is 0.497 e. The molecule has 3 aromatic rings. The molecule has 134 valence electrons. The van der Waals surface area contributed by atoms with Gasteiger partial charge in [0, 0.05) is 11.6 Å². The Labute approximate surface area is 152 Å². The summed E-state index contributed by atoms with van der Waals surface area (Å²) in [6, 6.07) is 14.4. The fourth-order valence-electron chi connectivity index (χ4n) is 3.15. The zero-order valence-corrected chi connectivity index (χ0v) is 15.1. The number of nitrogens with zero attached hydrogens (tertiary/aromatic N) is 2. The number of benzene rings is 2. The molecule has 0 bridgehead atoms. The first-order valence-corrected chi connectivity index (χ1v) is 8.70. The zero-order chi connectivity index (χ0) is 18.1. The van der Waals surface area contributed by atoms with Gasteiger partial charge in [-0.15, -0.1) is 0 Å². The van der Waals surface area contributed by atoms with E-state index in [-0.39, 0.29) is 12.1 Å². The van der Waals surface area contributed by atoms with Gasteiger partial charge in [0.15, 0.2) is 0 Å². The molecule has 1 aliphatic rings. The minimum atomic E-state index is -0.0129. The van der Waals surface area contributed by atoms with Crippen LogP contribution in [0.2, 0.25) is 0 Å². The molecule has 1 aromatic heterocycles. The number of aryl methyl sites for hydroxylation is 2. The van der Waals surface area contributed by atoms with Gasteiger partial charge in [-0.25, -0.2) is 10.9 Å². The van der Waals surface area contributed by atoms with Crippen molar-refractivity contribution in [3.63, 3.8) is 0 Å². The molecule has 0 aliphatic carbocycles. The number of nitrogens with one attached hydrogen (secondary N) is 2. The smallest absolute Gasteiger partial charge is 0.245 e. The lowest BCUT2D eigenvalue weighted by Gasteiger charge is -2.11. The van der Waals surface area contributed by atoms with Crippen LogP contribution in [-0.2, 0) is 0 Å². The zero-order valence-electron chi connectivity index (χ0n) is 15.1. The Morgan fingerprint density at radius 2 is 1.77 bits per heavy atom. The van der Waals surface area contributed by atoms with Crippen LogP contribution in [0.25, 0.3) is 11.4 Å². The maximum atomic E-state index is 5.49. The van der Waals surface area contributed by atoms with Gasteiger partial charge >= 0.3 is 0 Å². The molecule has 0 saturated carbocycles. The van der Waals surface area contributed by atoms with Gasteiger partial charge in [-0.1, -0.05) is 23.4 Å². The molecule has 6 heteroatoms. The van der Waals surface area contributed by atoms with Crippen LogP contribution in [0.3, 0.4) is 0 Å². The maximum Gasteiger partial charge on any atom is 0.245 e. The van der Waals surface area contributed by atoms with E-state index in [0.29, 0.717) is 11.7 Å². The van der Waals surface area contributed by atoms with Crippen molar-refractivity contribution < 1.29 is 9.26 Å². The summed E-state index contributed by atoms with van der Waals surface area (Å²) in [7, 11) is 1.65. The summed E-state index contributed by atoms with van der Waals surface area (Å²) >= 11 is 0. The quantitative estimate of drug-likeness (QED) is 0.748. The molecule has 2 atom stereocenters. The molecule has 1 fully saturated rings. The van der Waals surface area contributed by atoms with Crippen LogP contribution in [0.15, 0.2) is 47.0 Å². The molecular formula is C20H22N4O2. The van der Waals surface area contributed by atoms with Crippen LogP contribution >= 0.6 is 0 Å². The first-order chi connectivity index (χ1) is 12.6. The summed E-state index contributed by atoms with van der Waals surface area (Å²) in [6.45, 7) is 4.26. The van der Waals surface area contributed by atoms with Crippen LogP contribution < -0.4 is 15.6 Å². The molecular weight excluding hydrogens is 328 g/mol. The molecule has 2 unspecified atom stereocenters. The Bertz CT molecular complexity index is 904. The molecule has 1 saturated heterocycles. The van der Waals surface area contributed by atoms with E-state index in [2.05, 4.69) is 53.0 Å². The molecule has 2 N–H and O–H groups in total. The molecule has 0 radical (unpaired) electrons. The van der Waals surface area contributed by atoms with E-state index in [9.17, 15) is 0 Å². The van der Waals surface area contributed by atoms with Gasteiger partial charge in [-0.05, 0) is 61.2 Å². The van der Waals surface area contributed by atoms with E-state index >= 15 is 0 Å². The fraction of sp³-hybridized carbons (Fsp3) is 0.300. The van der Waals surface area contributed by atoms with Crippen LogP contribution in [0.1, 0.15) is 41.1 Å². The number of methoxy groups -OCH3 is 1. The molecule has 4 rings (SSSR count). The van der Waals surface area contributed by atoms with Crippen molar-refractivity contribution in [1.82, 2.24) is 21.0 Å². The summed E-state index contributed by atoms with van der Waals surface area (Å²) in [4.78, 5) is 4.56. The van der Waals surface area contributed by atoms with Crippen molar-refractivity contribution in [2.45, 2.75) is 32.4 Å². The van der Waals surface area contributed by atoms with Crippen molar-refractivity contribution in [2.75, 3.05) is 7.11 Å². The highest BCUT2D eigenvalue weighted by molar-refractivity contribution is 5.55. The van der Waals surface area contributed by atoms with Crippen LogP contribution in [-0.4, -0.2) is 17.3 Å². The molecule has 1 aliphatic heterocycles. The lowest BCUT2D eigenvalue weighted by molar-refractivity contribution is 0.340. The average Bonchev–Trinajstić information content (AvgIpc) is 3.33. The predicted molar refractivity (Wildman–Crippen MR) is 98.6 cm³/mol. The number of hydrogen-bond donors (Lipinski definition) is 2. The highest BCUT2D eigenvalue weighted by atomic mass is 16.5. The summed E-state index contributed by atoms with van der Waals surface area (Å²) in [5.74, 6) is 1.98. The molecule has 2 aromatic carbocycles. The SMILES string of the molecule is COc1ccc(-c2noc(C3CC(c4ccc(C)c(C)c4)NN3)n2)cc1. The number of rotatable bonds is 4. The van der Waals surface area contributed by atoms with Gasteiger partial charge in [0.1, 0.15) is 11.8 Å². The maximum absolute atomic E-state index is 5.49. The normalized spacial score (nSPS) is 19.7. The van der Waals surface area contributed by atoms with Crippen molar-refractivity contribution >= 4 is 0 Å². The Kier molecular flexibility index (Phi) is 4.44. The Morgan fingerprint density at radius 3 is 2.50 bits per heavy atom. The Hall–Kier alpha value is -2.70. The molecule has 26 heavy (non-hydrogen) atoms. The summed E-state index contributed by atoms with van der Waals surface area (Å²) in [5.41, 5.74) is 11.4. The lowest BCUT2D eigenvalue weighted by atomic mass is 9.98. The summed E-state index contributed by atoms with van der Waals surface area (Å²) < 4.78 is 10.7. The van der Waals surface area contributed by atoms with Crippen LogP contribution in [0.5, 0.6) is 5.75 Å². The minimum absolute atomic E-state index is 0.0129. The third-order valence-electron chi connectivity index (χ3n) is 4.92. The van der Waals surface area contributed by atoms with E-state index in [1.54, 1.807) is 7.11 Å². The van der Waals surface area contributed by atoms with Gasteiger partial charge < -0.3 is 9.26 Å². The number of ether oxygens (including phenoxy) is 1. The topological polar surface area (TPSA) is 72.2 Å². The number of hydrazine groups is 1. The lowest BCUT2D eigenvalue weighted by Crippen LogP contribution is -2.26.